The summed E-state index contributed by atoms with van der Waals surface area (Å²) in [5, 5.41) is 5.60. The second-order valence-electron chi connectivity index (χ2n) is 10.3. The van der Waals surface area contributed by atoms with Crippen LogP contribution < -0.4 is 10.6 Å². The van der Waals surface area contributed by atoms with Crippen LogP contribution in [0.25, 0.3) is 0 Å². The molecule has 2 unspecified atom stereocenters. The van der Waals surface area contributed by atoms with E-state index in [1.807, 2.05) is 59.1 Å². The predicted molar refractivity (Wildman–Crippen MR) is 138 cm³/mol. The van der Waals surface area contributed by atoms with Crippen LogP contribution in [0.15, 0.2) is 18.2 Å². The van der Waals surface area contributed by atoms with Crippen LogP contribution in [-0.2, 0) is 14.3 Å². The summed E-state index contributed by atoms with van der Waals surface area (Å²) in [4.78, 5) is 40.8. The molecule has 34 heavy (non-hydrogen) atoms. The van der Waals surface area contributed by atoms with Crippen molar-refractivity contribution in [2.24, 2.45) is 0 Å². The van der Waals surface area contributed by atoms with Crippen molar-refractivity contribution in [3.8, 4) is 12.5 Å². The second kappa shape index (κ2) is 12.2. The number of nitrogens with zero attached hydrogens (tertiary/aromatic N) is 1. The Morgan fingerprint density at radius 3 is 2.12 bits per heavy atom. The largest absolute Gasteiger partial charge is 0.444 e. The molecule has 1 aromatic carbocycles. The van der Waals surface area contributed by atoms with Crippen molar-refractivity contribution < 1.29 is 19.1 Å². The Morgan fingerprint density at radius 2 is 1.68 bits per heavy atom. The van der Waals surface area contributed by atoms with Gasteiger partial charge < -0.3 is 15.4 Å². The Hall–Kier alpha value is -2.66. The van der Waals surface area contributed by atoms with E-state index in [0.29, 0.717) is 17.7 Å². The lowest BCUT2D eigenvalue weighted by Crippen LogP contribution is -2.53. The molecule has 0 spiro atoms. The zero-order chi connectivity index (χ0) is 26.3. The molecule has 0 radical (unpaired) electrons. The summed E-state index contributed by atoms with van der Waals surface area (Å²) in [6, 6.07) is 6.06. The molecule has 0 fully saturated rings. The summed E-state index contributed by atoms with van der Waals surface area (Å²) in [7, 11) is 0. The van der Waals surface area contributed by atoms with E-state index in [4.69, 9.17) is 11.2 Å². The number of ether oxygens (including phenoxy) is 1. The topological polar surface area (TPSA) is 87.7 Å². The number of thioether (sulfide) groups is 1. The van der Waals surface area contributed by atoms with Gasteiger partial charge in [-0.15, -0.1) is 0 Å². The highest BCUT2D eigenvalue weighted by Crippen LogP contribution is 2.29. The second-order valence-corrected chi connectivity index (χ2v) is 11.3. The monoisotopic (exact) mass is 489 g/mol. The minimum Gasteiger partial charge on any atom is -0.444 e. The number of carbonyl (C=O) groups is 3. The number of carbonyl (C=O) groups excluding carboxylic acids is 3. The van der Waals surface area contributed by atoms with E-state index in [1.54, 1.807) is 20.8 Å². The zero-order valence-electron chi connectivity index (χ0n) is 21.9. The van der Waals surface area contributed by atoms with Gasteiger partial charge >= 0.3 is 6.09 Å². The van der Waals surface area contributed by atoms with Gasteiger partial charge in [0.1, 0.15) is 17.7 Å². The number of alkyl carbamates (subject to hydrolysis) is 1. The lowest BCUT2D eigenvalue weighted by molar-refractivity contribution is -0.139. The number of rotatable bonds is 8. The first-order chi connectivity index (χ1) is 15.6. The van der Waals surface area contributed by atoms with E-state index >= 15 is 0 Å². The number of amides is 3. The number of benzene rings is 1. The number of nitrogens with one attached hydrogen (secondary N) is 2. The Bertz CT molecular complexity index is 905. The Labute approximate surface area is 208 Å². The lowest BCUT2D eigenvalue weighted by atomic mass is 9.93. The molecular formula is C26H39N3O4S. The van der Waals surface area contributed by atoms with Crippen molar-refractivity contribution in [3.63, 3.8) is 0 Å². The van der Waals surface area contributed by atoms with Gasteiger partial charge in [0.25, 0.3) is 5.91 Å². The average Bonchev–Trinajstić information content (AvgIpc) is 2.67. The fourth-order valence-electron chi connectivity index (χ4n) is 3.45. The summed E-state index contributed by atoms with van der Waals surface area (Å²) in [6.45, 7) is 14.6. The van der Waals surface area contributed by atoms with Crippen molar-refractivity contribution in [3.05, 3.63) is 34.9 Å². The van der Waals surface area contributed by atoms with E-state index < -0.39 is 41.1 Å². The smallest absolute Gasteiger partial charge is 0.408 e. The maximum Gasteiger partial charge on any atom is 0.408 e. The Kier molecular flexibility index (Phi) is 10.5. The van der Waals surface area contributed by atoms with Gasteiger partial charge in [0, 0.05) is 11.6 Å². The summed E-state index contributed by atoms with van der Waals surface area (Å²) < 4.78 is 5.35. The normalized spacial score (nSPS) is 13.3. The van der Waals surface area contributed by atoms with Gasteiger partial charge in [-0.2, -0.15) is 11.8 Å². The molecule has 8 heteroatoms. The summed E-state index contributed by atoms with van der Waals surface area (Å²) >= 11 is 1.54. The Morgan fingerprint density at radius 1 is 1.12 bits per heavy atom. The molecule has 0 saturated carbocycles. The molecule has 0 aliphatic rings. The number of aryl methyl sites for hydroxylation is 2. The first-order valence-electron chi connectivity index (χ1n) is 11.3. The van der Waals surface area contributed by atoms with Gasteiger partial charge in [-0.1, -0.05) is 24.6 Å². The number of hydrogen-bond donors (Lipinski definition) is 2. The van der Waals surface area contributed by atoms with E-state index in [0.717, 1.165) is 16.0 Å². The third-order valence-electron chi connectivity index (χ3n) is 4.80. The molecule has 188 valence electrons. The van der Waals surface area contributed by atoms with Crippen LogP contribution in [0.1, 0.15) is 70.7 Å². The van der Waals surface area contributed by atoms with Gasteiger partial charge in [-0.25, -0.2) is 4.79 Å². The van der Waals surface area contributed by atoms with E-state index in [9.17, 15) is 14.4 Å². The predicted octanol–water partition coefficient (Wildman–Crippen LogP) is 4.32. The molecule has 3 amide bonds. The SMILES string of the molecule is C#CN(C(=O)C(CCSC)NC(=O)OC(C)(C)C)C(C(=O)NC(C)(C)C)c1c(C)cccc1C. The first-order valence-corrected chi connectivity index (χ1v) is 12.7. The molecule has 1 aromatic rings. The van der Waals surface area contributed by atoms with Gasteiger partial charge in [0.15, 0.2) is 0 Å². The molecule has 0 heterocycles. The third kappa shape index (κ3) is 8.94. The quantitative estimate of drug-likeness (QED) is 0.419. The molecular weight excluding hydrogens is 450 g/mol. The van der Waals surface area contributed by atoms with Crippen molar-refractivity contribution in [1.29, 1.82) is 0 Å². The van der Waals surface area contributed by atoms with Gasteiger partial charge in [-0.05, 0) is 90.5 Å². The van der Waals surface area contributed by atoms with Gasteiger partial charge in [-0.3, -0.25) is 14.5 Å². The van der Waals surface area contributed by atoms with Crippen LogP contribution in [0, 0.1) is 26.3 Å². The molecule has 7 nitrogen and oxygen atoms in total. The molecule has 0 aromatic heterocycles. The van der Waals surface area contributed by atoms with Crippen molar-refractivity contribution >= 4 is 29.7 Å². The van der Waals surface area contributed by atoms with Crippen molar-refractivity contribution in [2.75, 3.05) is 12.0 Å². The van der Waals surface area contributed by atoms with Gasteiger partial charge in [0.2, 0.25) is 5.91 Å². The summed E-state index contributed by atoms with van der Waals surface area (Å²) in [5.41, 5.74) is 1.07. The molecule has 0 saturated heterocycles. The fraction of sp³-hybridized carbons (Fsp3) is 0.577. The van der Waals surface area contributed by atoms with Crippen LogP contribution in [0.4, 0.5) is 4.79 Å². The minimum atomic E-state index is -1.06. The van der Waals surface area contributed by atoms with Crippen LogP contribution in [0.3, 0.4) is 0 Å². The van der Waals surface area contributed by atoms with Gasteiger partial charge in [0.05, 0.1) is 0 Å². The standard InChI is InChI=1S/C26H39N3O4S/c1-11-29(23(31)19(15-16-34-10)27-24(32)33-26(7,8)9)21(22(30)28-25(4,5)6)20-17(2)13-12-14-18(20)3/h1,12-14,19,21H,15-16H2,2-10H3,(H,27,32)(H,28,30). The average molecular weight is 490 g/mol. The van der Waals surface area contributed by atoms with Crippen LogP contribution in [-0.4, -0.2) is 52.0 Å². The number of terminal acetylenes is 1. The molecule has 1 rings (SSSR count). The summed E-state index contributed by atoms with van der Waals surface area (Å²) in [5.74, 6) is -0.330. The van der Waals surface area contributed by atoms with Crippen LogP contribution in [0.5, 0.6) is 0 Å². The maximum atomic E-state index is 13.7. The molecule has 0 bridgehead atoms. The zero-order valence-corrected chi connectivity index (χ0v) is 22.7. The molecule has 2 N–H and O–H groups in total. The maximum absolute atomic E-state index is 13.7. The van der Waals surface area contributed by atoms with E-state index in [-0.39, 0.29) is 0 Å². The molecule has 0 aliphatic heterocycles. The molecule has 2 atom stereocenters. The highest BCUT2D eigenvalue weighted by atomic mass is 32.2. The number of hydrogen-bond acceptors (Lipinski definition) is 5. The summed E-state index contributed by atoms with van der Waals surface area (Å²) in [6.07, 6.45) is 7.36. The minimum absolute atomic E-state index is 0.331. The van der Waals surface area contributed by atoms with Crippen molar-refractivity contribution in [1.82, 2.24) is 15.5 Å². The van der Waals surface area contributed by atoms with Crippen molar-refractivity contribution in [2.45, 2.75) is 85.0 Å². The molecule has 0 aliphatic carbocycles. The van der Waals surface area contributed by atoms with E-state index in [2.05, 4.69) is 16.7 Å². The fourth-order valence-corrected chi connectivity index (χ4v) is 3.92. The Balaban J connectivity index is 3.48. The van der Waals surface area contributed by atoms with Crippen LogP contribution >= 0.6 is 11.8 Å². The van der Waals surface area contributed by atoms with E-state index in [1.165, 1.54) is 11.8 Å². The first kappa shape index (κ1) is 29.4. The third-order valence-corrected chi connectivity index (χ3v) is 5.44. The lowest BCUT2D eigenvalue weighted by Gasteiger charge is -2.33. The van der Waals surface area contributed by atoms with Crippen LogP contribution in [0.2, 0.25) is 0 Å². The highest BCUT2D eigenvalue weighted by Gasteiger charge is 2.38. The highest BCUT2D eigenvalue weighted by molar-refractivity contribution is 7.98.